The molecule has 2 rings (SSSR count). The minimum absolute atomic E-state index is 0.249. The summed E-state index contributed by atoms with van der Waals surface area (Å²) in [6.45, 7) is 8.79. The van der Waals surface area contributed by atoms with Crippen LogP contribution in [-0.4, -0.2) is 39.2 Å². The highest BCUT2D eigenvalue weighted by atomic mass is 16.3. The second-order valence-corrected chi connectivity index (χ2v) is 7.44. The number of pyridine rings is 1. The lowest BCUT2D eigenvalue weighted by atomic mass is 9.95. The first-order valence-electron chi connectivity index (χ1n) is 8.94. The van der Waals surface area contributed by atoms with E-state index < -0.39 is 5.60 Å². The van der Waals surface area contributed by atoms with Crippen molar-refractivity contribution in [3.8, 4) is 0 Å². The molecule has 0 saturated carbocycles. The lowest BCUT2D eigenvalue weighted by Gasteiger charge is -2.24. The van der Waals surface area contributed by atoms with Gasteiger partial charge in [0, 0.05) is 31.9 Å². The molecule has 0 aliphatic heterocycles. The molecule has 0 saturated heterocycles. The number of amides is 2. The van der Waals surface area contributed by atoms with E-state index in [2.05, 4.69) is 29.5 Å². The molecule has 0 radical (unpaired) electrons. The van der Waals surface area contributed by atoms with E-state index in [0.29, 0.717) is 25.3 Å². The Labute approximate surface area is 149 Å². The van der Waals surface area contributed by atoms with Gasteiger partial charge < -0.3 is 20.1 Å². The molecule has 0 aliphatic carbocycles. The summed E-state index contributed by atoms with van der Waals surface area (Å²) in [4.78, 5) is 16.5. The van der Waals surface area contributed by atoms with Crippen molar-refractivity contribution in [2.45, 2.75) is 52.6 Å². The lowest BCUT2D eigenvalue weighted by Crippen LogP contribution is -2.45. The van der Waals surface area contributed by atoms with Crippen LogP contribution in [0.2, 0.25) is 0 Å². The number of nitrogens with zero attached hydrogens (tertiary/aromatic N) is 2. The largest absolute Gasteiger partial charge is 0.388 e. The Bertz CT molecular complexity index is 707. The Morgan fingerprint density at radius 2 is 2.16 bits per heavy atom. The standard InChI is InChI=1S/C19H30N4O2/c1-14(2)7-9-19(4,25)13-21-18(24)20-10-8-16-12-23-11-5-6-15(3)17(23)22-16/h5-6,11-12,14,25H,7-10,13H2,1-4H3,(H2,20,21,24). The van der Waals surface area contributed by atoms with Crippen molar-refractivity contribution in [2.75, 3.05) is 13.1 Å². The van der Waals surface area contributed by atoms with Crippen LogP contribution in [-0.2, 0) is 6.42 Å². The normalized spacial score (nSPS) is 13.8. The predicted octanol–water partition coefficient (Wildman–Crippen LogP) is 2.67. The van der Waals surface area contributed by atoms with Gasteiger partial charge in [0.2, 0.25) is 0 Å². The van der Waals surface area contributed by atoms with E-state index in [1.165, 1.54) is 0 Å². The van der Waals surface area contributed by atoms with E-state index in [-0.39, 0.29) is 12.6 Å². The topological polar surface area (TPSA) is 78.7 Å². The molecule has 6 heteroatoms. The number of urea groups is 1. The van der Waals surface area contributed by atoms with Gasteiger partial charge in [-0.1, -0.05) is 19.9 Å². The van der Waals surface area contributed by atoms with Crippen LogP contribution in [0.4, 0.5) is 4.79 Å². The molecular weight excluding hydrogens is 316 g/mol. The molecule has 138 valence electrons. The van der Waals surface area contributed by atoms with Crippen LogP contribution < -0.4 is 10.6 Å². The van der Waals surface area contributed by atoms with Crippen LogP contribution >= 0.6 is 0 Å². The maximum atomic E-state index is 11.9. The number of nitrogens with one attached hydrogen (secondary N) is 2. The van der Waals surface area contributed by atoms with E-state index in [9.17, 15) is 9.90 Å². The first-order chi connectivity index (χ1) is 11.8. The van der Waals surface area contributed by atoms with Crippen LogP contribution in [0.1, 0.15) is 44.9 Å². The van der Waals surface area contributed by atoms with Crippen LogP contribution in [0, 0.1) is 12.8 Å². The number of fused-ring (bicyclic) bond motifs is 1. The zero-order valence-electron chi connectivity index (χ0n) is 15.7. The Morgan fingerprint density at radius 1 is 1.40 bits per heavy atom. The molecule has 25 heavy (non-hydrogen) atoms. The van der Waals surface area contributed by atoms with E-state index >= 15 is 0 Å². The van der Waals surface area contributed by atoms with Gasteiger partial charge in [-0.2, -0.15) is 0 Å². The summed E-state index contributed by atoms with van der Waals surface area (Å²) in [5.41, 5.74) is 2.14. The average Bonchev–Trinajstić information content (AvgIpc) is 2.96. The summed E-state index contributed by atoms with van der Waals surface area (Å²) in [7, 11) is 0. The van der Waals surface area contributed by atoms with Gasteiger partial charge in [-0.15, -0.1) is 0 Å². The maximum absolute atomic E-state index is 11.9. The molecule has 1 unspecified atom stereocenters. The fourth-order valence-corrected chi connectivity index (χ4v) is 2.65. The zero-order valence-corrected chi connectivity index (χ0v) is 15.7. The van der Waals surface area contributed by atoms with Gasteiger partial charge in [0.05, 0.1) is 11.3 Å². The maximum Gasteiger partial charge on any atom is 0.314 e. The molecule has 0 bridgehead atoms. The highest BCUT2D eigenvalue weighted by Gasteiger charge is 2.21. The third-order valence-electron chi connectivity index (χ3n) is 4.28. The molecule has 0 aromatic carbocycles. The third kappa shape index (κ3) is 6.05. The second kappa shape index (κ2) is 8.34. The second-order valence-electron chi connectivity index (χ2n) is 7.44. The summed E-state index contributed by atoms with van der Waals surface area (Å²) < 4.78 is 2.00. The van der Waals surface area contributed by atoms with Gasteiger partial charge >= 0.3 is 6.03 Å². The Kier molecular flexibility index (Phi) is 6.42. The van der Waals surface area contributed by atoms with Crippen molar-refractivity contribution in [1.82, 2.24) is 20.0 Å². The predicted molar refractivity (Wildman–Crippen MR) is 99.7 cm³/mol. The van der Waals surface area contributed by atoms with Gasteiger partial charge in [0.15, 0.2) is 0 Å². The first kappa shape index (κ1) is 19.2. The van der Waals surface area contributed by atoms with Crippen molar-refractivity contribution < 1.29 is 9.90 Å². The Balaban J connectivity index is 1.73. The van der Waals surface area contributed by atoms with Crippen molar-refractivity contribution in [2.24, 2.45) is 5.92 Å². The minimum Gasteiger partial charge on any atom is -0.388 e. The molecule has 3 N–H and O–H groups in total. The van der Waals surface area contributed by atoms with Gasteiger partial charge in [0.1, 0.15) is 5.65 Å². The number of rotatable bonds is 8. The van der Waals surface area contributed by atoms with Crippen molar-refractivity contribution in [3.63, 3.8) is 0 Å². The third-order valence-corrected chi connectivity index (χ3v) is 4.28. The summed E-state index contributed by atoms with van der Waals surface area (Å²) in [5.74, 6) is 0.536. The number of aliphatic hydroxyl groups is 1. The fraction of sp³-hybridized carbons (Fsp3) is 0.579. The SMILES string of the molecule is Cc1cccn2cc(CCNC(=O)NCC(C)(O)CCC(C)C)nc12. The summed E-state index contributed by atoms with van der Waals surface area (Å²) >= 11 is 0. The van der Waals surface area contributed by atoms with E-state index in [4.69, 9.17) is 0 Å². The number of aryl methyl sites for hydroxylation is 1. The molecule has 0 spiro atoms. The molecule has 2 aromatic rings. The first-order valence-corrected chi connectivity index (χ1v) is 8.94. The van der Waals surface area contributed by atoms with E-state index in [1.807, 2.05) is 35.9 Å². The van der Waals surface area contributed by atoms with Gasteiger partial charge in [-0.3, -0.25) is 0 Å². The van der Waals surface area contributed by atoms with Crippen LogP contribution in [0.15, 0.2) is 24.5 Å². The highest BCUT2D eigenvalue weighted by Crippen LogP contribution is 2.15. The van der Waals surface area contributed by atoms with E-state index in [1.54, 1.807) is 6.92 Å². The Hall–Kier alpha value is -2.08. The number of hydrogen-bond donors (Lipinski definition) is 3. The number of carbonyl (C=O) groups excluding carboxylic acids is 1. The summed E-state index contributed by atoms with van der Waals surface area (Å²) in [6, 6.07) is 3.76. The van der Waals surface area contributed by atoms with Crippen LogP contribution in [0.25, 0.3) is 5.65 Å². The number of hydrogen-bond acceptors (Lipinski definition) is 3. The molecule has 1 atom stereocenters. The number of carbonyl (C=O) groups is 1. The molecule has 6 nitrogen and oxygen atoms in total. The molecular formula is C19H30N4O2. The average molecular weight is 346 g/mol. The molecule has 0 fully saturated rings. The van der Waals surface area contributed by atoms with Crippen molar-refractivity contribution in [3.05, 3.63) is 35.8 Å². The van der Waals surface area contributed by atoms with Crippen molar-refractivity contribution >= 4 is 11.7 Å². The zero-order chi connectivity index (χ0) is 18.4. The van der Waals surface area contributed by atoms with Gasteiger partial charge in [0.25, 0.3) is 0 Å². The minimum atomic E-state index is -0.874. The lowest BCUT2D eigenvalue weighted by molar-refractivity contribution is 0.0477. The van der Waals surface area contributed by atoms with E-state index in [0.717, 1.165) is 23.3 Å². The summed E-state index contributed by atoms with van der Waals surface area (Å²) in [5, 5.41) is 15.8. The highest BCUT2D eigenvalue weighted by molar-refractivity contribution is 5.73. The quantitative estimate of drug-likeness (QED) is 0.687. The molecule has 0 aliphatic rings. The van der Waals surface area contributed by atoms with Crippen LogP contribution in [0.3, 0.4) is 0 Å². The van der Waals surface area contributed by atoms with Crippen molar-refractivity contribution in [1.29, 1.82) is 0 Å². The summed E-state index contributed by atoms with van der Waals surface area (Å²) in [6.07, 6.45) is 6.23. The smallest absolute Gasteiger partial charge is 0.314 e. The van der Waals surface area contributed by atoms with Crippen LogP contribution in [0.5, 0.6) is 0 Å². The Morgan fingerprint density at radius 3 is 2.84 bits per heavy atom. The monoisotopic (exact) mass is 346 g/mol. The molecule has 2 aromatic heterocycles. The number of aromatic nitrogens is 2. The van der Waals surface area contributed by atoms with Gasteiger partial charge in [-0.25, -0.2) is 9.78 Å². The van der Waals surface area contributed by atoms with Gasteiger partial charge in [-0.05, 0) is 44.2 Å². The number of imidazole rings is 1. The fourth-order valence-electron chi connectivity index (χ4n) is 2.65. The molecule has 2 amide bonds. The molecule has 2 heterocycles.